The minimum Gasteiger partial charge on any atom is -0.391 e. The summed E-state index contributed by atoms with van der Waals surface area (Å²) < 4.78 is 0. The van der Waals surface area contributed by atoms with Crippen LogP contribution in [0.2, 0.25) is 0 Å². The summed E-state index contributed by atoms with van der Waals surface area (Å²) in [5, 5.41) is 14.2. The molecule has 5 N–H and O–H groups in total. The van der Waals surface area contributed by atoms with Crippen LogP contribution in [0.15, 0.2) is 30.3 Å². The van der Waals surface area contributed by atoms with Gasteiger partial charge in [-0.25, -0.2) is 0 Å². The molecule has 2 unspecified atom stereocenters. The molecule has 108 valence electrons. The molecule has 0 aliphatic carbocycles. The van der Waals surface area contributed by atoms with Gasteiger partial charge in [-0.1, -0.05) is 18.2 Å². The second-order valence-electron chi connectivity index (χ2n) is 4.24. The van der Waals surface area contributed by atoms with Crippen molar-refractivity contribution < 1.29 is 19.5 Å². The lowest BCUT2D eigenvalue weighted by molar-refractivity contribution is -0.127. The monoisotopic (exact) mass is 279 g/mol. The van der Waals surface area contributed by atoms with E-state index in [4.69, 9.17) is 5.73 Å². The van der Waals surface area contributed by atoms with Gasteiger partial charge in [0.2, 0.25) is 11.8 Å². The van der Waals surface area contributed by atoms with Gasteiger partial charge in [0.1, 0.15) is 6.04 Å². The number of primary amides is 1. The van der Waals surface area contributed by atoms with Crippen LogP contribution in [0.25, 0.3) is 0 Å². The second kappa shape index (κ2) is 7.25. The number of aliphatic hydroxyl groups is 1. The summed E-state index contributed by atoms with van der Waals surface area (Å²) in [7, 11) is 0. The van der Waals surface area contributed by atoms with Crippen LogP contribution >= 0.6 is 0 Å². The number of aliphatic hydroxyl groups excluding tert-OH is 1. The zero-order valence-corrected chi connectivity index (χ0v) is 11.0. The predicted octanol–water partition coefficient (Wildman–Crippen LogP) is -1.23. The number of carbonyl (C=O) groups is 3. The van der Waals surface area contributed by atoms with Gasteiger partial charge in [0.15, 0.2) is 0 Å². The number of benzene rings is 1. The number of hydrogen-bond acceptors (Lipinski definition) is 4. The summed E-state index contributed by atoms with van der Waals surface area (Å²) in [5.74, 6) is -1.88. The van der Waals surface area contributed by atoms with E-state index in [1.807, 2.05) is 0 Å². The maximum atomic E-state index is 11.9. The van der Waals surface area contributed by atoms with Crippen molar-refractivity contribution in [3.8, 4) is 0 Å². The molecule has 0 aliphatic rings. The van der Waals surface area contributed by atoms with E-state index >= 15 is 0 Å². The highest BCUT2D eigenvalue weighted by molar-refractivity contribution is 5.98. The van der Waals surface area contributed by atoms with Crippen molar-refractivity contribution >= 4 is 17.7 Å². The summed E-state index contributed by atoms with van der Waals surface area (Å²) in [6.07, 6.45) is -1.12. The Labute approximate surface area is 116 Å². The molecule has 0 saturated heterocycles. The van der Waals surface area contributed by atoms with Crippen LogP contribution in [0.1, 0.15) is 17.3 Å². The molecule has 7 heteroatoms. The van der Waals surface area contributed by atoms with Crippen molar-refractivity contribution in [1.29, 1.82) is 0 Å². The lowest BCUT2D eigenvalue weighted by Crippen LogP contribution is -2.53. The highest BCUT2D eigenvalue weighted by Crippen LogP contribution is 2.01. The molecule has 0 saturated carbocycles. The first-order chi connectivity index (χ1) is 9.41. The molecule has 1 aromatic carbocycles. The van der Waals surface area contributed by atoms with E-state index in [1.54, 1.807) is 30.3 Å². The Hall–Kier alpha value is -2.41. The van der Waals surface area contributed by atoms with E-state index in [1.165, 1.54) is 6.92 Å². The quantitative estimate of drug-likeness (QED) is 0.520. The van der Waals surface area contributed by atoms with Gasteiger partial charge < -0.3 is 21.5 Å². The Morgan fingerprint density at radius 1 is 1.25 bits per heavy atom. The van der Waals surface area contributed by atoms with Gasteiger partial charge in [-0.05, 0) is 19.1 Å². The van der Waals surface area contributed by atoms with Gasteiger partial charge in [-0.2, -0.15) is 0 Å². The Balaban J connectivity index is 2.70. The molecule has 3 amide bonds. The molecule has 1 rings (SSSR count). The minimum atomic E-state index is -1.16. The average Bonchev–Trinajstić information content (AvgIpc) is 2.42. The fraction of sp³-hybridized carbons (Fsp3) is 0.308. The molecule has 0 aliphatic heterocycles. The smallest absolute Gasteiger partial charge is 0.252 e. The van der Waals surface area contributed by atoms with Crippen molar-refractivity contribution in [2.45, 2.75) is 19.1 Å². The Morgan fingerprint density at radius 3 is 2.35 bits per heavy atom. The van der Waals surface area contributed by atoms with Crippen LogP contribution < -0.4 is 16.4 Å². The van der Waals surface area contributed by atoms with E-state index in [9.17, 15) is 19.5 Å². The maximum absolute atomic E-state index is 11.9. The molecule has 2 atom stereocenters. The molecular weight excluding hydrogens is 262 g/mol. The number of hydrogen-bond donors (Lipinski definition) is 4. The van der Waals surface area contributed by atoms with Crippen LogP contribution in [-0.2, 0) is 9.59 Å². The van der Waals surface area contributed by atoms with Crippen LogP contribution in [0.4, 0.5) is 0 Å². The molecule has 7 nitrogen and oxygen atoms in total. The van der Waals surface area contributed by atoms with Crippen molar-refractivity contribution in [1.82, 2.24) is 10.6 Å². The third-order valence-electron chi connectivity index (χ3n) is 2.52. The van der Waals surface area contributed by atoms with Gasteiger partial charge in [-0.15, -0.1) is 0 Å². The molecule has 0 heterocycles. The van der Waals surface area contributed by atoms with Crippen LogP contribution in [0.5, 0.6) is 0 Å². The largest absolute Gasteiger partial charge is 0.391 e. The molecule has 1 aromatic rings. The topological polar surface area (TPSA) is 122 Å². The van der Waals surface area contributed by atoms with Gasteiger partial charge >= 0.3 is 0 Å². The normalized spacial score (nSPS) is 13.1. The van der Waals surface area contributed by atoms with Crippen LogP contribution in [-0.4, -0.2) is 41.5 Å². The zero-order valence-electron chi connectivity index (χ0n) is 11.0. The van der Waals surface area contributed by atoms with Crippen LogP contribution in [0.3, 0.4) is 0 Å². The van der Waals surface area contributed by atoms with Gasteiger partial charge in [0, 0.05) is 5.56 Å². The molecular formula is C13H17N3O4. The van der Waals surface area contributed by atoms with Crippen molar-refractivity contribution in [2.24, 2.45) is 5.73 Å². The van der Waals surface area contributed by atoms with E-state index in [0.29, 0.717) is 5.56 Å². The van der Waals surface area contributed by atoms with E-state index in [2.05, 4.69) is 10.6 Å². The summed E-state index contributed by atoms with van der Waals surface area (Å²) in [6, 6.07) is 7.11. The van der Waals surface area contributed by atoms with Gasteiger partial charge in [-0.3, -0.25) is 14.4 Å². The van der Waals surface area contributed by atoms with Crippen LogP contribution in [0, 0.1) is 0 Å². The lowest BCUT2D eigenvalue weighted by atomic mass is 10.1. The summed E-state index contributed by atoms with van der Waals surface area (Å²) in [4.78, 5) is 34.3. The first-order valence-electron chi connectivity index (χ1n) is 6.02. The number of nitrogens with two attached hydrogens (primary N) is 1. The standard InChI is InChI=1S/C13H17N3O4/c1-8(17)11(13(20)15-7-10(14)18)16-12(19)9-5-3-2-4-6-9/h2-6,8,11,17H,7H2,1H3,(H2,14,18)(H,15,20)(H,16,19). The van der Waals surface area contributed by atoms with Gasteiger partial charge in [0.25, 0.3) is 5.91 Å². The molecule has 0 aromatic heterocycles. The average molecular weight is 279 g/mol. The fourth-order valence-corrected chi connectivity index (χ4v) is 1.50. The molecule has 0 bridgehead atoms. The SMILES string of the molecule is CC(O)C(NC(=O)c1ccccc1)C(=O)NCC(N)=O. The van der Waals surface area contributed by atoms with Crippen molar-refractivity contribution in [2.75, 3.05) is 6.54 Å². The molecule has 0 spiro atoms. The zero-order chi connectivity index (χ0) is 15.1. The Bertz CT molecular complexity index is 488. The number of nitrogens with one attached hydrogen (secondary N) is 2. The summed E-state index contributed by atoms with van der Waals surface area (Å²) in [5.41, 5.74) is 5.27. The number of carbonyl (C=O) groups excluding carboxylic acids is 3. The van der Waals surface area contributed by atoms with E-state index in [0.717, 1.165) is 0 Å². The highest BCUT2D eigenvalue weighted by Gasteiger charge is 2.26. The van der Waals surface area contributed by atoms with Crippen molar-refractivity contribution in [3.63, 3.8) is 0 Å². The Kier molecular flexibility index (Phi) is 5.67. The van der Waals surface area contributed by atoms with E-state index < -0.39 is 29.9 Å². The third-order valence-corrected chi connectivity index (χ3v) is 2.52. The minimum absolute atomic E-state index is 0.358. The Morgan fingerprint density at radius 2 is 1.85 bits per heavy atom. The summed E-state index contributed by atoms with van der Waals surface area (Å²) >= 11 is 0. The predicted molar refractivity (Wildman–Crippen MR) is 71.6 cm³/mol. The fourth-order valence-electron chi connectivity index (χ4n) is 1.50. The molecule has 20 heavy (non-hydrogen) atoms. The van der Waals surface area contributed by atoms with Crippen molar-refractivity contribution in [3.05, 3.63) is 35.9 Å². The lowest BCUT2D eigenvalue weighted by Gasteiger charge is -2.20. The molecule has 0 fully saturated rings. The number of rotatable bonds is 6. The first kappa shape index (κ1) is 15.6. The third kappa shape index (κ3) is 4.69. The second-order valence-corrected chi connectivity index (χ2v) is 4.24. The summed E-state index contributed by atoms with van der Waals surface area (Å²) in [6.45, 7) is 1.00. The van der Waals surface area contributed by atoms with E-state index in [-0.39, 0.29) is 6.54 Å². The molecule has 0 radical (unpaired) electrons. The first-order valence-corrected chi connectivity index (χ1v) is 6.02. The maximum Gasteiger partial charge on any atom is 0.252 e. The highest BCUT2D eigenvalue weighted by atomic mass is 16.3. The number of amides is 3. The van der Waals surface area contributed by atoms with Gasteiger partial charge in [0.05, 0.1) is 12.6 Å².